The lowest BCUT2D eigenvalue weighted by Crippen LogP contribution is -2.37. The van der Waals surface area contributed by atoms with Crippen LogP contribution in [0.5, 0.6) is 5.75 Å². The minimum absolute atomic E-state index is 0.205. The molecule has 0 aromatic heterocycles. The number of benzene rings is 1. The van der Waals surface area contributed by atoms with Crippen LogP contribution in [0.15, 0.2) is 24.3 Å². The highest BCUT2D eigenvalue weighted by molar-refractivity contribution is 5.27. The van der Waals surface area contributed by atoms with E-state index < -0.39 is 0 Å². The summed E-state index contributed by atoms with van der Waals surface area (Å²) in [6.07, 6.45) is 3.42. The Hall–Kier alpha value is -1.02. The summed E-state index contributed by atoms with van der Waals surface area (Å²) < 4.78 is 5.65. The van der Waals surface area contributed by atoms with Gasteiger partial charge >= 0.3 is 0 Å². The number of unbranched alkanes of at least 4 members (excludes halogenated alkanes) is 1. The maximum Gasteiger partial charge on any atom is 0.119 e. The lowest BCUT2D eigenvalue weighted by molar-refractivity contribution is 0.309. The zero-order valence-electron chi connectivity index (χ0n) is 12.3. The van der Waals surface area contributed by atoms with E-state index in [2.05, 4.69) is 57.3 Å². The Balaban J connectivity index is 2.40. The molecule has 0 radical (unpaired) electrons. The standard InChI is InChI=1S/C16H27NO/c1-5-7-12-18-15-10-8-14(9-11-15)13-17-16(3,4)6-2/h8-11,17H,5-7,12-13H2,1-4H3. The van der Waals surface area contributed by atoms with Crippen LogP contribution >= 0.6 is 0 Å². The minimum Gasteiger partial charge on any atom is -0.494 e. The first-order valence-electron chi connectivity index (χ1n) is 7.04. The predicted octanol–water partition coefficient (Wildman–Crippen LogP) is 4.14. The number of hydrogen-bond acceptors (Lipinski definition) is 2. The molecule has 0 aliphatic heterocycles. The van der Waals surface area contributed by atoms with Crippen molar-refractivity contribution < 1.29 is 4.74 Å². The third-order valence-electron chi connectivity index (χ3n) is 3.34. The van der Waals surface area contributed by atoms with Gasteiger partial charge in [-0.2, -0.15) is 0 Å². The quantitative estimate of drug-likeness (QED) is 0.699. The summed E-state index contributed by atoms with van der Waals surface area (Å²) >= 11 is 0. The van der Waals surface area contributed by atoms with Crippen molar-refractivity contribution in [1.82, 2.24) is 5.32 Å². The van der Waals surface area contributed by atoms with E-state index in [4.69, 9.17) is 4.74 Å². The van der Waals surface area contributed by atoms with Gasteiger partial charge in [-0.25, -0.2) is 0 Å². The van der Waals surface area contributed by atoms with Crippen LogP contribution in [0.2, 0.25) is 0 Å². The summed E-state index contributed by atoms with van der Waals surface area (Å²) in [7, 11) is 0. The Kier molecular flexibility index (Phi) is 6.20. The van der Waals surface area contributed by atoms with Crippen LogP contribution in [0.3, 0.4) is 0 Å². The van der Waals surface area contributed by atoms with E-state index in [1.807, 2.05) is 0 Å². The largest absolute Gasteiger partial charge is 0.494 e. The molecule has 2 nitrogen and oxygen atoms in total. The molecule has 2 heteroatoms. The predicted molar refractivity (Wildman–Crippen MR) is 78.1 cm³/mol. The molecule has 0 aliphatic rings. The Morgan fingerprint density at radius 1 is 1.11 bits per heavy atom. The molecule has 0 aliphatic carbocycles. The van der Waals surface area contributed by atoms with Crippen molar-refractivity contribution in [3.05, 3.63) is 29.8 Å². The lowest BCUT2D eigenvalue weighted by atomic mass is 10.0. The van der Waals surface area contributed by atoms with E-state index >= 15 is 0 Å². The molecule has 0 amide bonds. The van der Waals surface area contributed by atoms with Crippen LogP contribution in [0.1, 0.15) is 52.5 Å². The fourth-order valence-corrected chi connectivity index (χ4v) is 1.50. The molecule has 0 saturated heterocycles. The SMILES string of the molecule is CCCCOc1ccc(CNC(C)(C)CC)cc1. The average Bonchev–Trinajstić information content (AvgIpc) is 2.38. The molecule has 0 saturated carbocycles. The summed E-state index contributed by atoms with van der Waals surface area (Å²) in [5.74, 6) is 0.974. The molecule has 0 fully saturated rings. The summed E-state index contributed by atoms with van der Waals surface area (Å²) in [5, 5.41) is 3.56. The minimum atomic E-state index is 0.205. The Morgan fingerprint density at radius 2 is 1.78 bits per heavy atom. The first-order chi connectivity index (χ1) is 8.57. The zero-order chi connectivity index (χ0) is 13.4. The number of hydrogen-bond donors (Lipinski definition) is 1. The van der Waals surface area contributed by atoms with Gasteiger partial charge in [0, 0.05) is 12.1 Å². The summed E-state index contributed by atoms with van der Waals surface area (Å²) in [6, 6.07) is 8.40. The molecule has 1 N–H and O–H groups in total. The van der Waals surface area contributed by atoms with E-state index in [0.717, 1.165) is 31.7 Å². The first kappa shape index (κ1) is 15.0. The molecule has 1 aromatic rings. The topological polar surface area (TPSA) is 21.3 Å². The molecule has 0 spiro atoms. The third-order valence-corrected chi connectivity index (χ3v) is 3.34. The van der Waals surface area contributed by atoms with E-state index in [-0.39, 0.29) is 5.54 Å². The normalized spacial score (nSPS) is 11.6. The van der Waals surface area contributed by atoms with Crippen molar-refractivity contribution in [3.63, 3.8) is 0 Å². The van der Waals surface area contributed by atoms with Crippen LogP contribution in [-0.4, -0.2) is 12.1 Å². The fraction of sp³-hybridized carbons (Fsp3) is 0.625. The lowest BCUT2D eigenvalue weighted by Gasteiger charge is -2.24. The Labute approximate surface area is 112 Å². The second-order valence-electron chi connectivity index (χ2n) is 5.44. The Bertz CT molecular complexity index is 329. The smallest absolute Gasteiger partial charge is 0.119 e. The van der Waals surface area contributed by atoms with Gasteiger partial charge in [-0.05, 0) is 44.4 Å². The third kappa shape index (κ3) is 5.54. The number of ether oxygens (including phenoxy) is 1. The summed E-state index contributed by atoms with van der Waals surface area (Å²) in [6.45, 7) is 10.6. The molecule has 18 heavy (non-hydrogen) atoms. The molecule has 0 atom stereocenters. The van der Waals surface area contributed by atoms with Crippen molar-refractivity contribution in [2.75, 3.05) is 6.61 Å². The van der Waals surface area contributed by atoms with Crippen LogP contribution < -0.4 is 10.1 Å². The van der Waals surface area contributed by atoms with E-state index in [9.17, 15) is 0 Å². The number of nitrogens with one attached hydrogen (secondary N) is 1. The monoisotopic (exact) mass is 249 g/mol. The van der Waals surface area contributed by atoms with Crippen molar-refractivity contribution in [2.45, 2.75) is 59.0 Å². The zero-order valence-corrected chi connectivity index (χ0v) is 12.3. The molecule has 0 bridgehead atoms. The van der Waals surface area contributed by atoms with Crippen LogP contribution in [0.25, 0.3) is 0 Å². The second-order valence-corrected chi connectivity index (χ2v) is 5.44. The van der Waals surface area contributed by atoms with Crippen molar-refractivity contribution >= 4 is 0 Å². The van der Waals surface area contributed by atoms with Gasteiger partial charge in [0.25, 0.3) is 0 Å². The van der Waals surface area contributed by atoms with Gasteiger partial charge in [0.05, 0.1) is 6.61 Å². The summed E-state index contributed by atoms with van der Waals surface area (Å²) in [4.78, 5) is 0. The Morgan fingerprint density at radius 3 is 2.33 bits per heavy atom. The molecule has 1 rings (SSSR count). The van der Waals surface area contributed by atoms with Gasteiger partial charge < -0.3 is 10.1 Å². The second kappa shape index (κ2) is 7.42. The van der Waals surface area contributed by atoms with Crippen molar-refractivity contribution in [2.24, 2.45) is 0 Å². The maximum atomic E-state index is 5.65. The van der Waals surface area contributed by atoms with Crippen LogP contribution in [0.4, 0.5) is 0 Å². The molecule has 102 valence electrons. The molecule has 0 unspecified atom stereocenters. The maximum absolute atomic E-state index is 5.65. The number of rotatable bonds is 8. The van der Waals surface area contributed by atoms with E-state index in [1.165, 1.54) is 12.0 Å². The van der Waals surface area contributed by atoms with Gasteiger partial charge in [-0.1, -0.05) is 32.4 Å². The van der Waals surface area contributed by atoms with E-state index in [1.54, 1.807) is 0 Å². The average molecular weight is 249 g/mol. The van der Waals surface area contributed by atoms with Crippen molar-refractivity contribution in [1.29, 1.82) is 0 Å². The molecule has 1 aromatic carbocycles. The summed E-state index contributed by atoms with van der Waals surface area (Å²) in [5.41, 5.74) is 1.51. The highest BCUT2D eigenvalue weighted by Crippen LogP contribution is 2.14. The van der Waals surface area contributed by atoms with Gasteiger partial charge in [0.1, 0.15) is 5.75 Å². The highest BCUT2D eigenvalue weighted by Gasteiger charge is 2.13. The van der Waals surface area contributed by atoms with Gasteiger partial charge in [-0.3, -0.25) is 0 Å². The molecular formula is C16H27NO. The van der Waals surface area contributed by atoms with E-state index in [0.29, 0.717) is 0 Å². The van der Waals surface area contributed by atoms with Crippen molar-refractivity contribution in [3.8, 4) is 5.75 Å². The van der Waals surface area contributed by atoms with Crippen LogP contribution in [0, 0.1) is 0 Å². The molecular weight excluding hydrogens is 222 g/mol. The fourth-order valence-electron chi connectivity index (χ4n) is 1.50. The van der Waals surface area contributed by atoms with Gasteiger partial charge in [0.15, 0.2) is 0 Å². The van der Waals surface area contributed by atoms with Gasteiger partial charge in [0.2, 0.25) is 0 Å². The van der Waals surface area contributed by atoms with Crippen LogP contribution in [-0.2, 0) is 6.54 Å². The highest BCUT2D eigenvalue weighted by atomic mass is 16.5. The first-order valence-corrected chi connectivity index (χ1v) is 7.04. The van der Waals surface area contributed by atoms with Gasteiger partial charge in [-0.15, -0.1) is 0 Å². The molecule has 0 heterocycles.